The molecule has 88 valence electrons. The fourth-order valence-electron chi connectivity index (χ4n) is 2.92. The van der Waals surface area contributed by atoms with Crippen molar-refractivity contribution >= 4 is 24.2 Å². The molecule has 0 amide bonds. The minimum absolute atomic E-state index is 0. The van der Waals surface area contributed by atoms with Crippen LogP contribution in [0.4, 0.5) is 0 Å². The summed E-state index contributed by atoms with van der Waals surface area (Å²) >= 11 is 2.15. The van der Waals surface area contributed by atoms with Gasteiger partial charge in [0.25, 0.3) is 0 Å². The van der Waals surface area contributed by atoms with E-state index >= 15 is 0 Å². The molecule has 2 heterocycles. The number of halogens is 1. The van der Waals surface area contributed by atoms with Crippen molar-refractivity contribution in [2.75, 3.05) is 24.6 Å². The normalized spacial score (nSPS) is 35.8. The van der Waals surface area contributed by atoms with Gasteiger partial charge >= 0.3 is 0 Å². The molecule has 0 spiro atoms. The summed E-state index contributed by atoms with van der Waals surface area (Å²) in [6.45, 7) is 2.49. The molecule has 0 aromatic rings. The van der Waals surface area contributed by atoms with Gasteiger partial charge in [0.2, 0.25) is 0 Å². The Labute approximate surface area is 103 Å². The van der Waals surface area contributed by atoms with Crippen molar-refractivity contribution < 1.29 is 0 Å². The van der Waals surface area contributed by atoms with E-state index < -0.39 is 0 Å². The summed E-state index contributed by atoms with van der Waals surface area (Å²) < 4.78 is 0. The summed E-state index contributed by atoms with van der Waals surface area (Å²) in [6.07, 6.45) is 5.77. The van der Waals surface area contributed by atoms with E-state index in [1.807, 2.05) is 0 Å². The largest absolute Gasteiger partial charge is 0.315 e. The zero-order valence-electron chi connectivity index (χ0n) is 9.15. The molecular formula is C11H21ClN2S. The summed E-state index contributed by atoms with van der Waals surface area (Å²) in [6, 6.07) is 2.74. The third-order valence-electron chi connectivity index (χ3n) is 3.75. The van der Waals surface area contributed by atoms with Crippen LogP contribution in [0.2, 0.25) is 0 Å². The highest BCUT2D eigenvalue weighted by Gasteiger charge is 2.40. The van der Waals surface area contributed by atoms with Crippen molar-refractivity contribution in [3.8, 4) is 0 Å². The van der Waals surface area contributed by atoms with Gasteiger partial charge in [-0.05, 0) is 38.0 Å². The van der Waals surface area contributed by atoms with Crippen LogP contribution >= 0.6 is 24.2 Å². The minimum Gasteiger partial charge on any atom is -0.315 e. The Bertz CT molecular complexity index is 183. The Morgan fingerprint density at radius 3 is 2.40 bits per heavy atom. The van der Waals surface area contributed by atoms with E-state index in [-0.39, 0.29) is 12.4 Å². The molecule has 2 nitrogen and oxygen atoms in total. The number of thioether (sulfide) groups is 1. The Morgan fingerprint density at radius 2 is 1.87 bits per heavy atom. The van der Waals surface area contributed by atoms with Gasteiger partial charge in [0.15, 0.2) is 0 Å². The molecule has 0 aromatic carbocycles. The smallest absolute Gasteiger partial charge is 0.0238 e. The van der Waals surface area contributed by atoms with Crippen LogP contribution in [-0.2, 0) is 0 Å². The molecule has 0 aromatic heterocycles. The zero-order chi connectivity index (χ0) is 9.38. The van der Waals surface area contributed by atoms with Crippen LogP contribution in [0.15, 0.2) is 0 Å². The lowest BCUT2D eigenvalue weighted by Gasteiger charge is -2.33. The molecule has 2 unspecified atom stereocenters. The Hall–Kier alpha value is 0.560. The van der Waals surface area contributed by atoms with E-state index in [0.29, 0.717) is 0 Å². The fraction of sp³-hybridized carbons (Fsp3) is 1.00. The molecule has 0 bridgehead atoms. The van der Waals surface area contributed by atoms with Gasteiger partial charge in [0.05, 0.1) is 0 Å². The lowest BCUT2D eigenvalue weighted by atomic mass is 10.1. The van der Waals surface area contributed by atoms with E-state index in [0.717, 1.165) is 18.1 Å². The second kappa shape index (κ2) is 5.26. The molecule has 0 radical (unpaired) electrons. The summed E-state index contributed by atoms with van der Waals surface area (Å²) in [4.78, 5) is 2.88. The third-order valence-corrected chi connectivity index (χ3v) is 4.90. The average molecular weight is 249 g/mol. The highest BCUT2D eigenvalue weighted by Crippen LogP contribution is 2.36. The molecule has 3 rings (SSSR count). The van der Waals surface area contributed by atoms with Gasteiger partial charge in [-0.25, -0.2) is 0 Å². The molecule has 2 saturated heterocycles. The van der Waals surface area contributed by atoms with Gasteiger partial charge in [-0.2, -0.15) is 11.8 Å². The van der Waals surface area contributed by atoms with Crippen LogP contribution in [0.5, 0.6) is 0 Å². The van der Waals surface area contributed by atoms with E-state index in [2.05, 4.69) is 22.0 Å². The van der Waals surface area contributed by atoms with Gasteiger partial charge in [-0.1, -0.05) is 0 Å². The molecule has 2 atom stereocenters. The first kappa shape index (κ1) is 12.0. The van der Waals surface area contributed by atoms with Crippen LogP contribution < -0.4 is 5.32 Å². The van der Waals surface area contributed by atoms with Gasteiger partial charge in [0, 0.05) is 30.4 Å². The predicted molar refractivity (Wildman–Crippen MR) is 69.1 cm³/mol. The van der Waals surface area contributed by atoms with Gasteiger partial charge in [0.1, 0.15) is 0 Å². The van der Waals surface area contributed by atoms with Crippen LogP contribution in [0.3, 0.4) is 0 Å². The van der Waals surface area contributed by atoms with Gasteiger partial charge in [-0.3, -0.25) is 4.90 Å². The molecular weight excluding hydrogens is 228 g/mol. The van der Waals surface area contributed by atoms with E-state index in [4.69, 9.17) is 0 Å². The number of hydrogen-bond donors (Lipinski definition) is 1. The van der Waals surface area contributed by atoms with Crippen LogP contribution in [0.25, 0.3) is 0 Å². The van der Waals surface area contributed by atoms with E-state index in [9.17, 15) is 0 Å². The highest BCUT2D eigenvalue weighted by atomic mass is 35.5. The number of nitrogens with zero attached hydrogens (tertiary/aromatic N) is 1. The van der Waals surface area contributed by atoms with Crippen molar-refractivity contribution in [3.63, 3.8) is 0 Å². The van der Waals surface area contributed by atoms with E-state index in [1.165, 1.54) is 50.3 Å². The van der Waals surface area contributed by atoms with Crippen molar-refractivity contribution in [2.45, 2.75) is 43.8 Å². The summed E-state index contributed by atoms with van der Waals surface area (Å²) in [7, 11) is 0. The second-order valence-corrected chi connectivity index (χ2v) is 5.99. The fourth-order valence-corrected chi connectivity index (χ4v) is 4.13. The third kappa shape index (κ3) is 2.63. The lowest BCUT2D eigenvalue weighted by molar-refractivity contribution is 0.146. The number of nitrogens with one attached hydrogen (secondary N) is 1. The molecule has 3 aliphatic rings. The molecule has 1 N–H and O–H groups in total. The minimum atomic E-state index is 0. The van der Waals surface area contributed by atoms with Crippen LogP contribution in [0, 0.1) is 0 Å². The topological polar surface area (TPSA) is 15.3 Å². The quantitative estimate of drug-likeness (QED) is 0.819. The molecule has 2 aliphatic heterocycles. The first-order valence-corrected chi connectivity index (χ1v) is 7.16. The standard InChI is InChI=1S/C11H20N2S.ClH/c1-2-9(1)13(10-3-5-12-7-10)11-4-6-14-8-11;/h9-12H,1-8H2;1H. The molecule has 4 heteroatoms. The maximum absolute atomic E-state index is 3.51. The van der Waals surface area contributed by atoms with Gasteiger partial charge in [-0.15, -0.1) is 12.4 Å². The predicted octanol–water partition coefficient (Wildman–Crippen LogP) is 1.74. The second-order valence-electron chi connectivity index (χ2n) is 4.84. The molecule has 3 fully saturated rings. The highest BCUT2D eigenvalue weighted by molar-refractivity contribution is 7.99. The van der Waals surface area contributed by atoms with Crippen molar-refractivity contribution in [3.05, 3.63) is 0 Å². The summed E-state index contributed by atoms with van der Waals surface area (Å²) in [5.74, 6) is 2.79. The molecule has 1 saturated carbocycles. The first-order valence-electron chi connectivity index (χ1n) is 6.01. The monoisotopic (exact) mass is 248 g/mol. The van der Waals surface area contributed by atoms with Crippen molar-refractivity contribution in [1.29, 1.82) is 0 Å². The number of hydrogen-bond acceptors (Lipinski definition) is 3. The Balaban J connectivity index is 0.000000853. The summed E-state index contributed by atoms with van der Waals surface area (Å²) in [5, 5.41) is 3.51. The summed E-state index contributed by atoms with van der Waals surface area (Å²) in [5.41, 5.74) is 0. The van der Waals surface area contributed by atoms with Gasteiger partial charge < -0.3 is 5.32 Å². The van der Waals surface area contributed by atoms with Crippen LogP contribution in [0.1, 0.15) is 25.7 Å². The van der Waals surface area contributed by atoms with Crippen molar-refractivity contribution in [1.82, 2.24) is 10.2 Å². The maximum Gasteiger partial charge on any atom is 0.0238 e. The molecule has 1 aliphatic carbocycles. The average Bonchev–Trinajstić information content (AvgIpc) is 2.72. The van der Waals surface area contributed by atoms with Crippen LogP contribution in [-0.4, -0.2) is 47.6 Å². The first-order chi connectivity index (χ1) is 6.95. The van der Waals surface area contributed by atoms with Crippen molar-refractivity contribution in [2.24, 2.45) is 0 Å². The zero-order valence-corrected chi connectivity index (χ0v) is 10.8. The maximum atomic E-state index is 3.51. The SMILES string of the molecule is C1CC(N(C2CC2)C2CCSC2)CN1.Cl. The van der Waals surface area contributed by atoms with E-state index in [1.54, 1.807) is 0 Å². The lowest BCUT2D eigenvalue weighted by Crippen LogP contribution is -2.45. The Kier molecular flexibility index (Phi) is 4.22. The number of rotatable bonds is 3. The Morgan fingerprint density at radius 1 is 1.00 bits per heavy atom. The molecule has 15 heavy (non-hydrogen) atoms.